The summed E-state index contributed by atoms with van der Waals surface area (Å²) < 4.78 is 48.9. The molecule has 1 heterocycles. The van der Waals surface area contributed by atoms with Crippen molar-refractivity contribution >= 4 is 22.1 Å². The van der Waals surface area contributed by atoms with E-state index in [0.29, 0.717) is 17.1 Å². The first-order valence-electron chi connectivity index (χ1n) is 6.95. The Hall–Kier alpha value is -2.29. The molecule has 2 aromatic rings. The van der Waals surface area contributed by atoms with Crippen molar-refractivity contribution in [1.29, 1.82) is 0 Å². The van der Waals surface area contributed by atoms with E-state index in [1.54, 1.807) is 18.2 Å². The van der Waals surface area contributed by atoms with Gasteiger partial charge < -0.3 is 14.3 Å². The van der Waals surface area contributed by atoms with E-state index >= 15 is 0 Å². The molecule has 1 aromatic carbocycles. The molecule has 0 saturated heterocycles. The largest absolute Gasteiger partial charge is 0.496 e. The number of benzene rings is 1. The highest BCUT2D eigenvalue weighted by atomic mass is 79.9. The second-order valence-electron chi connectivity index (χ2n) is 4.74. The number of nitrogens with zero attached hydrogens (tertiary/aromatic N) is 2. The molecule has 25 heavy (non-hydrogen) atoms. The Morgan fingerprint density at radius 3 is 2.36 bits per heavy atom. The summed E-state index contributed by atoms with van der Waals surface area (Å²) >= 11 is 3.01. The van der Waals surface area contributed by atoms with Crippen LogP contribution in [0.2, 0.25) is 0 Å². The smallest absolute Gasteiger partial charge is 0.433 e. The molecule has 9 heteroatoms. The van der Waals surface area contributed by atoms with E-state index in [1.807, 2.05) is 0 Å². The molecule has 0 N–H and O–H groups in total. The number of ether oxygens (including phenoxy) is 2. The van der Waals surface area contributed by atoms with E-state index in [2.05, 4.69) is 26.1 Å². The number of oxime groups is 1. The van der Waals surface area contributed by atoms with Gasteiger partial charge in [-0.25, -0.2) is 4.98 Å². The standard InChI is InChI=1S/C16H14BrF3N2O3/c1-23-13-4-3-5-14(24-2)12(13)9-25-21-8-11-6-10(17)7-15(22-11)16(18,19)20/h3-8H,9H2,1-2H3/b21-8+. The van der Waals surface area contributed by atoms with Gasteiger partial charge in [0.1, 0.15) is 23.8 Å². The van der Waals surface area contributed by atoms with Gasteiger partial charge in [0.15, 0.2) is 0 Å². The van der Waals surface area contributed by atoms with Gasteiger partial charge in [0.25, 0.3) is 0 Å². The highest BCUT2D eigenvalue weighted by molar-refractivity contribution is 9.10. The maximum Gasteiger partial charge on any atom is 0.433 e. The van der Waals surface area contributed by atoms with Crippen LogP contribution < -0.4 is 9.47 Å². The number of aromatic nitrogens is 1. The second kappa shape index (κ2) is 8.19. The first kappa shape index (κ1) is 19.0. The van der Waals surface area contributed by atoms with Crippen LogP contribution in [0.5, 0.6) is 11.5 Å². The lowest BCUT2D eigenvalue weighted by molar-refractivity contribution is -0.141. The van der Waals surface area contributed by atoms with Crippen LogP contribution in [0.3, 0.4) is 0 Å². The monoisotopic (exact) mass is 418 g/mol. The van der Waals surface area contributed by atoms with Crippen molar-refractivity contribution in [2.45, 2.75) is 12.8 Å². The summed E-state index contributed by atoms with van der Waals surface area (Å²) in [5.41, 5.74) is -0.383. The lowest BCUT2D eigenvalue weighted by Crippen LogP contribution is -2.09. The Balaban J connectivity index is 2.12. The average molecular weight is 419 g/mol. The molecular formula is C16H14BrF3N2O3. The van der Waals surface area contributed by atoms with Crippen molar-refractivity contribution in [3.63, 3.8) is 0 Å². The number of pyridine rings is 1. The SMILES string of the molecule is COc1cccc(OC)c1CO/N=C/c1cc(Br)cc(C(F)(F)F)n1. The van der Waals surface area contributed by atoms with Crippen LogP contribution in [0.15, 0.2) is 40.0 Å². The predicted molar refractivity (Wildman–Crippen MR) is 88.9 cm³/mol. The van der Waals surface area contributed by atoms with Gasteiger partial charge in [-0.3, -0.25) is 0 Å². The molecule has 0 radical (unpaired) electrons. The lowest BCUT2D eigenvalue weighted by Gasteiger charge is -2.11. The predicted octanol–water partition coefficient (Wildman–Crippen LogP) is 4.43. The minimum Gasteiger partial charge on any atom is -0.496 e. The lowest BCUT2D eigenvalue weighted by atomic mass is 10.2. The Kier molecular flexibility index (Phi) is 6.24. The van der Waals surface area contributed by atoms with E-state index in [9.17, 15) is 13.2 Å². The van der Waals surface area contributed by atoms with Crippen molar-refractivity contribution in [3.8, 4) is 11.5 Å². The van der Waals surface area contributed by atoms with Crippen molar-refractivity contribution in [3.05, 3.63) is 51.8 Å². The van der Waals surface area contributed by atoms with E-state index in [-0.39, 0.29) is 16.8 Å². The van der Waals surface area contributed by atoms with Gasteiger partial charge in [0.05, 0.1) is 31.7 Å². The van der Waals surface area contributed by atoms with Crippen LogP contribution in [0, 0.1) is 0 Å². The van der Waals surface area contributed by atoms with Crippen LogP contribution in [0.1, 0.15) is 17.0 Å². The summed E-state index contributed by atoms with van der Waals surface area (Å²) in [6, 6.07) is 7.50. The van der Waals surface area contributed by atoms with Gasteiger partial charge >= 0.3 is 6.18 Å². The zero-order valence-corrected chi connectivity index (χ0v) is 14.9. The third-order valence-corrected chi connectivity index (χ3v) is 3.56. The molecule has 0 bridgehead atoms. The molecular weight excluding hydrogens is 405 g/mol. The van der Waals surface area contributed by atoms with Crippen molar-refractivity contribution in [2.75, 3.05) is 14.2 Å². The highest BCUT2D eigenvalue weighted by Crippen LogP contribution is 2.30. The summed E-state index contributed by atoms with van der Waals surface area (Å²) in [7, 11) is 3.01. The topological polar surface area (TPSA) is 52.9 Å². The molecule has 0 saturated carbocycles. The Morgan fingerprint density at radius 1 is 1.16 bits per heavy atom. The minimum absolute atomic E-state index is 0.00805. The maximum absolute atomic E-state index is 12.7. The minimum atomic E-state index is -4.54. The van der Waals surface area contributed by atoms with Crippen LogP contribution in [-0.2, 0) is 17.6 Å². The number of hydrogen-bond acceptors (Lipinski definition) is 5. The van der Waals surface area contributed by atoms with E-state index in [1.165, 1.54) is 20.3 Å². The summed E-state index contributed by atoms with van der Waals surface area (Å²) in [5.74, 6) is 1.10. The first-order chi connectivity index (χ1) is 11.8. The zero-order valence-electron chi connectivity index (χ0n) is 13.3. The third kappa shape index (κ3) is 5.09. The number of alkyl halides is 3. The van der Waals surface area contributed by atoms with E-state index in [0.717, 1.165) is 12.3 Å². The molecule has 0 unspecified atom stereocenters. The van der Waals surface area contributed by atoms with Gasteiger partial charge in [0.2, 0.25) is 0 Å². The van der Waals surface area contributed by atoms with Gasteiger partial charge in [-0.15, -0.1) is 0 Å². The summed E-state index contributed by atoms with van der Waals surface area (Å²) in [6.07, 6.45) is -3.44. The van der Waals surface area contributed by atoms with Crippen LogP contribution in [0.4, 0.5) is 13.2 Å². The number of hydrogen-bond donors (Lipinski definition) is 0. The molecule has 0 aliphatic rings. The van der Waals surface area contributed by atoms with Gasteiger partial charge in [-0.2, -0.15) is 13.2 Å². The molecule has 0 aliphatic heterocycles. The summed E-state index contributed by atoms with van der Waals surface area (Å²) in [6.45, 7) is 0.0177. The molecule has 0 amide bonds. The summed E-state index contributed by atoms with van der Waals surface area (Å²) in [5, 5.41) is 3.67. The normalized spacial score (nSPS) is 11.6. The Labute approximate surface area is 150 Å². The quantitative estimate of drug-likeness (QED) is 0.514. The summed E-state index contributed by atoms with van der Waals surface area (Å²) in [4.78, 5) is 8.63. The molecule has 5 nitrogen and oxygen atoms in total. The molecule has 0 atom stereocenters. The van der Waals surface area contributed by atoms with Crippen molar-refractivity contribution in [1.82, 2.24) is 4.98 Å². The molecule has 2 rings (SSSR count). The van der Waals surface area contributed by atoms with Crippen molar-refractivity contribution in [2.24, 2.45) is 5.16 Å². The van der Waals surface area contributed by atoms with Crippen LogP contribution in [-0.4, -0.2) is 25.4 Å². The van der Waals surface area contributed by atoms with E-state index < -0.39 is 11.9 Å². The van der Waals surface area contributed by atoms with Crippen LogP contribution >= 0.6 is 15.9 Å². The number of halogens is 4. The Bertz CT molecular complexity index is 745. The fraction of sp³-hybridized carbons (Fsp3) is 0.250. The Morgan fingerprint density at radius 2 is 1.80 bits per heavy atom. The zero-order chi connectivity index (χ0) is 18.4. The van der Waals surface area contributed by atoms with Gasteiger partial charge in [0, 0.05) is 4.47 Å². The number of rotatable bonds is 6. The van der Waals surface area contributed by atoms with E-state index in [4.69, 9.17) is 14.3 Å². The van der Waals surface area contributed by atoms with Gasteiger partial charge in [-0.1, -0.05) is 27.2 Å². The highest BCUT2D eigenvalue weighted by Gasteiger charge is 2.32. The molecule has 0 fully saturated rings. The fourth-order valence-corrected chi connectivity index (χ4v) is 2.44. The first-order valence-corrected chi connectivity index (χ1v) is 7.74. The maximum atomic E-state index is 12.7. The third-order valence-electron chi connectivity index (χ3n) is 3.10. The second-order valence-corrected chi connectivity index (χ2v) is 5.66. The molecule has 0 spiro atoms. The molecule has 0 aliphatic carbocycles. The fourth-order valence-electron chi connectivity index (χ4n) is 1.99. The van der Waals surface area contributed by atoms with Gasteiger partial charge in [-0.05, 0) is 24.3 Å². The average Bonchev–Trinajstić information content (AvgIpc) is 2.57. The molecule has 134 valence electrons. The molecule has 1 aromatic heterocycles. The van der Waals surface area contributed by atoms with Crippen molar-refractivity contribution < 1.29 is 27.5 Å². The number of methoxy groups -OCH3 is 2. The van der Waals surface area contributed by atoms with Crippen LogP contribution in [0.25, 0.3) is 0 Å².